The first kappa shape index (κ1) is 17.8. The van der Waals surface area contributed by atoms with Crippen LogP contribution >= 0.6 is 15.9 Å². The highest BCUT2D eigenvalue weighted by atomic mass is 79.9. The van der Waals surface area contributed by atoms with Crippen molar-refractivity contribution in [3.63, 3.8) is 0 Å². The molecular formula is C16H15BrN6O3. The summed E-state index contributed by atoms with van der Waals surface area (Å²) >= 11 is 3.35. The Kier molecular flexibility index (Phi) is 5.12. The fourth-order valence-electron chi connectivity index (χ4n) is 2.47. The number of carbonyl (C=O) groups is 1. The molecule has 9 nitrogen and oxygen atoms in total. The Labute approximate surface area is 156 Å². The van der Waals surface area contributed by atoms with E-state index in [0.717, 1.165) is 10.0 Å². The highest BCUT2D eigenvalue weighted by Gasteiger charge is 2.16. The average Bonchev–Trinajstić information content (AvgIpc) is 3.13. The second-order valence-corrected chi connectivity index (χ2v) is 6.57. The highest BCUT2D eigenvalue weighted by Crippen LogP contribution is 2.16. The molecule has 0 fully saturated rings. The number of benzene rings is 1. The fraction of sp³-hybridized carbons (Fsp3) is 0.188. The Morgan fingerprint density at radius 1 is 1.35 bits per heavy atom. The van der Waals surface area contributed by atoms with Crippen molar-refractivity contribution in [1.82, 2.24) is 19.6 Å². The molecule has 0 spiro atoms. The number of rotatable bonds is 6. The minimum absolute atomic E-state index is 0.106. The lowest BCUT2D eigenvalue weighted by atomic mass is 10.2. The van der Waals surface area contributed by atoms with E-state index in [1.807, 2.05) is 24.4 Å². The van der Waals surface area contributed by atoms with Crippen molar-refractivity contribution in [2.45, 2.75) is 20.0 Å². The van der Waals surface area contributed by atoms with Gasteiger partial charge in [0.25, 0.3) is 0 Å². The van der Waals surface area contributed by atoms with Gasteiger partial charge in [0, 0.05) is 11.9 Å². The van der Waals surface area contributed by atoms with Gasteiger partial charge >= 0.3 is 5.69 Å². The number of aromatic nitrogens is 4. The van der Waals surface area contributed by atoms with Gasteiger partial charge in [0.1, 0.15) is 18.4 Å². The van der Waals surface area contributed by atoms with Crippen molar-refractivity contribution < 1.29 is 9.72 Å². The number of carbonyl (C=O) groups excluding carboxylic acids is 1. The fourth-order valence-corrected chi connectivity index (χ4v) is 2.80. The standard InChI is InChI=1S/C16H15BrN6O3/c1-11-15(23(25)26)9-22(20-11)10-16(24)19-14-4-2-3-12(5-14)7-21-8-13(17)6-18-21/h2-6,8-9H,7,10H2,1H3,(H,19,24). The maximum atomic E-state index is 12.2. The number of amides is 1. The third-order valence-corrected chi connectivity index (χ3v) is 3.99. The Bertz CT molecular complexity index is 965. The molecule has 0 radical (unpaired) electrons. The van der Waals surface area contributed by atoms with Crippen LogP contribution in [-0.2, 0) is 17.9 Å². The summed E-state index contributed by atoms with van der Waals surface area (Å²) < 4.78 is 3.93. The first-order valence-electron chi connectivity index (χ1n) is 7.66. The van der Waals surface area contributed by atoms with Crippen molar-refractivity contribution >= 4 is 33.2 Å². The quantitative estimate of drug-likeness (QED) is 0.488. The van der Waals surface area contributed by atoms with Crippen LogP contribution in [0.2, 0.25) is 0 Å². The van der Waals surface area contributed by atoms with Crippen LogP contribution in [0.15, 0.2) is 47.3 Å². The molecule has 1 aromatic carbocycles. The van der Waals surface area contributed by atoms with Crippen molar-refractivity contribution in [3.05, 3.63) is 68.7 Å². The van der Waals surface area contributed by atoms with Crippen LogP contribution < -0.4 is 5.32 Å². The molecule has 0 saturated carbocycles. The van der Waals surface area contributed by atoms with Crippen molar-refractivity contribution in [2.24, 2.45) is 0 Å². The summed E-state index contributed by atoms with van der Waals surface area (Å²) in [6.07, 6.45) is 4.82. The van der Waals surface area contributed by atoms with Gasteiger partial charge in [-0.2, -0.15) is 10.2 Å². The number of nitrogens with zero attached hydrogens (tertiary/aromatic N) is 5. The number of hydrogen-bond acceptors (Lipinski definition) is 5. The number of anilines is 1. The molecule has 0 aliphatic heterocycles. The van der Waals surface area contributed by atoms with Crippen LogP contribution in [0.4, 0.5) is 11.4 Å². The predicted molar refractivity (Wildman–Crippen MR) is 97.7 cm³/mol. The van der Waals surface area contributed by atoms with Gasteiger partial charge in [-0.1, -0.05) is 12.1 Å². The third-order valence-electron chi connectivity index (χ3n) is 3.58. The smallest absolute Gasteiger partial charge is 0.309 e. The van der Waals surface area contributed by atoms with Gasteiger partial charge in [0.15, 0.2) is 0 Å². The van der Waals surface area contributed by atoms with Gasteiger partial charge in [-0.15, -0.1) is 0 Å². The largest absolute Gasteiger partial charge is 0.324 e. The minimum atomic E-state index is -0.520. The Hall–Kier alpha value is -3.01. The maximum Gasteiger partial charge on any atom is 0.309 e. The van der Waals surface area contributed by atoms with Crippen LogP contribution in [0.25, 0.3) is 0 Å². The van der Waals surface area contributed by atoms with E-state index in [-0.39, 0.29) is 23.8 Å². The molecule has 134 valence electrons. The van der Waals surface area contributed by atoms with E-state index < -0.39 is 4.92 Å². The third kappa shape index (κ3) is 4.33. The van der Waals surface area contributed by atoms with Gasteiger partial charge in [-0.3, -0.25) is 24.3 Å². The van der Waals surface area contributed by atoms with Gasteiger partial charge in [-0.25, -0.2) is 0 Å². The number of halogens is 1. The Morgan fingerprint density at radius 2 is 2.15 bits per heavy atom. The van der Waals surface area contributed by atoms with Gasteiger partial charge in [0.2, 0.25) is 5.91 Å². The van der Waals surface area contributed by atoms with Gasteiger partial charge in [-0.05, 0) is 40.5 Å². The minimum Gasteiger partial charge on any atom is -0.324 e. The van der Waals surface area contributed by atoms with Crippen LogP contribution in [0.1, 0.15) is 11.3 Å². The molecule has 2 heterocycles. The van der Waals surface area contributed by atoms with E-state index in [0.29, 0.717) is 12.2 Å². The molecular weight excluding hydrogens is 404 g/mol. The Balaban J connectivity index is 1.65. The maximum absolute atomic E-state index is 12.2. The first-order chi connectivity index (χ1) is 12.4. The molecule has 2 aromatic heterocycles. The lowest BCUT2D eigenvalue weighted by Crippen LogP contribution is -2.19. The predicted octanol–water partition coefficient (Wildman–Crippen LogP) is 2.75. The van der Waals surface area contributed by atoms with E-state index in [4.69, 9.17) is 0 Å². The zero-order valence-electron chi connectivity index (χ0n) is 13.8. The molecule has 3 aromatic rings. The monoisotopic (exact) mass is 418 g/mol. The van der Waals surface area contributed by atoms with E-state index in [2.05, 4.69) is 31.4 Å². The average molecular weight is 419 g/mol. The number of nitro groups is 1. The second-order valence-electron chi connectivity index (χ2n) is 5.66. The molecule has 1 amide bonds. The summed E-state index contributed by atoms with van der Waals surface area (Å²) in [6, 6.07) is 7.40. The van der Waals surface area contributed by atoms with E-state index >= 15 is 0 Å². The number of aryl methyl sites for hydroxylation is 1. The molecule has 26 heavy (non-hydrogen) atoms. The SMILES string of the molecule is Cc1nn(CC(=O)Nc2cccc(Cn3cc(Br)cn3)c2)cc1[N+](=O)[O-]. The van der Waals surface area contributed by atoms with Crippen LogP contribution in [0, 0.1) is 17.0 Å². The number of nitrogens with one attached hydrogen (secondary N) is 1. The van der Waals surface area contributed by atoms with Crippen molar-refractivity contribution in [1.29, 1.82) is 0 Å². The second kappa shape index (κ2) is 7.48. The molecule has 1 N–H and O–H groups in total. The van der Waals surface area contributed by atoms with Crippen molar-refractivity contribution in [3.8, 4) is 0 Å². The summed E-state index contributed by atoms with van der Waals surface area (Å²) in [5, 5.41) is 21.8. The van der Waals surface area contributed by atoms with Crippen LogP contribution in [-0.4, -0.2) is 30.4 Å². The van der Waals surface area contributed by atoms with E-state index in [1.165, 1.54) is 17.8 Å². The molecule has 0 aliphatic rings. The molecule has 0 unspecified atom stereocenters. The number of hydrogen-bond donors (Lipinski definition) is 1. The normalized spacial score (nSPS) is 10.7. The molecule has 0 saturated heterocycles. The Morgan fingerprint density at radius 3 is 2.81 bits per heavy atom. The molecule has 0 atom stereocenters. The lowest BCUT2D eigenvalue weighted by Gasteiger charge is -2.08. The van der Waals surface area contributed by atoms with E-state index in [9.17, 15) is 14.9 Å². The molecule has 3 rings (SSSR count). The zero-order valence-corrected chi connectivity index (χ0v) is 15.4. The zero-order chi connectivity index (χ0) is 18.7. The molecule has 10 heteroatoms. The summed E-state index contributed by atoms with van der Waals surface area (Å²) in [6.45, 7) is 1.99. The van der Waals surface area contributed by atoms with Crippen molar-refractivity contribution in [2.75, 3.05) is 5.32 Å². The van der Waals surface area contributed by atoms with Gasteiger partial charge < -0.3 is 5.32 Å². The highest BCUT2D eigenvalue weighted by molar-refractivity contribution is 9.10. The first-order valence-corrected chi connectivity index (χ1v) is 8.45. The lowest BCUT2D eigenvalue weighted by molar-refractivity contribution is -0.385. The molecule has 0 aliphatic carbocycles. The summed E-state index contributed by atoms with van der Waals surface area (Å²) in [7, 11) is 0. The summed E-state index contributed by atoms with van der Waals surface area (Å²) in [5.41, 5.74) is 1.78. The van der Waals surface area contributed by atoms with Crippen LogP contribution in [0.3, 0.4) is 0 Å². The topological polar surface area (TPSA) is 108 Å². The summed E-state index contributed by atoms with van der Waals surface area (Å²) in [5.74, 6) is -0.318. The van der Waals surface area contributed by atoms with E-state index in [1.54, 1.807) is 16.9 Å². The summed E-state index contributed by atoms with van der Waals surface area (Å²) in [4.78, 5) is 22.5. The van der Waals surface area contributed by atoms with Gasteiger partial charge in [0.05, 0.1) is 22.1 Å². The van der Waals surface area contributed by atoms with Crippen LogP contribution in [0.5, 0.6) is 0 Å². The molecule has 0 bridgehead atoms.